The van der Waals surface area contributed by atoms with E-state index in [4.69, 9.17) is 5.73 Å². The predicted molar refractivity (Wildman–Crippen MR) is 77.4 cm³/mol. The molecular weight excluding hydrogens is 239 g/mol. The summed E-state index contributed by atoms with van der Waals surface area (Å²) >= 11 is 0. The highest BCUT2D eigenvalue weighted by molar-refractivity contribution is 5.19. The molecule has 0 saturated heterocycles. The van der Waals surface area contributed by atoms with Crippen molar-refractivity contribution >= 4 is 0 Å². The minimum Gasteiger partial charge on any atom is -0.323 e. The standard InChI is InChI=1S/C16H25FN2/c1-19(15-6-4-2-3-5-7-15)12-16(18)13-8-10-14(17)11-9-13/h8-11,15-16H,2-7,12,18H2,1H3. The molecule has 1 aliphatic rings. The van der Waals surface area contributed by atoms with Gasteiger partial charge in [-0.3, -0.25) is 0 Å². The summed E-state index contributed by atoms with van der Waals surface area (Å²) in [7, 11) is 2.17. The fraction of sp³-hybridized carbons (Fsp3) is 0.625. The molecule has 0 radical (unpaired) electrons. The molecule has 0 bridgehead atoms. The Morgan fingerprint density at radius 2 is 1.74 bits per heavy atom. The highest BCUT2D eigenvalue weighted by Crippen LogP contribution is 2.22. The molecule has 1 unspecified atom stereocenters. The Labute approximate surface area is 115 Å². The molecule has 2 rings (SSSR count). The van der Waals surface area contributed by atoms with Crippen LogP contribution in [0.25, 0.3) is 0 Å². The van der Waals surface area contributed by atoms with Gasteiger partial charge < -0.3 is 10.6 Å². The molecule has 0 heterocycles. The molecule has 19 heavy (non-hydrogen) atoms. The van der Waals surface area contributed by atoms with Crippen molar-refractivity contribution in [3.8, 4) is 0 Å². The van der Waals surface area contributed by atoms with Gasteiger partial charge in [0, 0.05) is 18.6 Å². The van der Waals surface area contributed by atoms with Crippen molar-refractivity contribution in [1.29, 1.82) is 0 Å². The van der Waals surface area contributed by atoms with Crippen molar-refractivity contribution in [3.05, 3.63) is 35.6 Å². The minimum atomic E-state index is -0.201. The lowest BCUT2D eigenvalue weighted by Crippen LogP contribution is -2.37. The fourth-order valence-electron chi connectivity index (χ4n) is 2.97. The Morgan fingerprint density at radius 1 is 1.16 bits per heavy atom. The third-order valence-electron chi connectivity index (χ3n) is 4.23. The Kier molecular flexibility index (Phi) is 5.34. The number of hydrogen-bond acceptors (Lipinski definition) is 2. The second kappa shape index (κ2) is 7.01. The second-order valence-corrected chi connectivity index (χ2v) is 5.74. The van der Waals surface area contributed by atoms with Gasteiger partial charge >= 0.3 is 0 Å². The molecule has 3 heteroatoms. The van der Waals surface area contributed by atoms with E-state index in [1.807, 2.05) is 0 Å². The van der Waals surface area contributed by atoms with Gasteiger partial charge in [-0.2, -0.15) is 0 Å². The summed E-state index contributed by atoms with van der Waals surface area (Å²) in [6.45, 7) is 0.844. The van der Waals surface area contributed by atoms with E-state index in [1.165, 1.54) is 50.7 Å². The van der Waals surface area contributed by atoms with Crippen molar-refractivity contribution in [3.63, 3.8) is 0 Å². The number of likely N-dealkylation sites (N-methyl/N-ethyl adjacent to an activating group) is 1. The van der Waals surface area contributed by atoms with Crippen LogP contribution in [0.4, 0.5) is 4.39 Å². The third kappa shape index (κ3) is 4.29. The van der Waals surface area contributed by atoms with Crippen LogP contribution in [0.5, 0.6) is 0 Å². The molecule has 1 aromatic carbocycles. The van der Waals surface area contributed by atoms with Crippen LogP contribution < -0.4 is 5.73 Å². The Morgan fingerprint density at radius 3 is 2.32 bits per heavy atom. The summed E-state index contributed by atoms with van der Waals surface area (Å²) in [4.78, 5) is 2.39. The summed E-state index contributed by atoms with van der Waals surface area (Å²) < 4.78 is 12.9. The van der Waals surface area contributed by atoms with E-state index in [0.717, 1.165) is 12.1 Å². The Hall–Kier alpha value is -0.930. The molecule has 1 fully saturated rings. The monoisotopic (exact) mass is 264 g/mol. The van der Waals surface area contributed by atoms with E-state index in [-0.39, 0.29) is 11.9 Å². The number of hydrogen-bond donors (Lipinski definition) is 1. The molecule has 0 aliphatic heterocycles. The first-order valence-corrected chi connectivity index (χ1v) is 7.38. The van der Waals surface area contributed by atoms with E-state index in [9.17, 15) is 4.39 Å². The quantitative estimate of drug-likeness (QED) is 0.844. The lowest BCUT2D eigenvalue weighted by molar-refractivity contribution is 0.209. The van der Waals surface area contributed by atoms with E-state index >= 15 is 0 Å². The number of benzene rings is 1. The molecule has 0 amide bonds. The molecule has 1 atom stereocenters. The lowest BCUT2D eigenvalue weighted by atomic mass is 10.0. The van der Waals surface area contributed by atoms with Gasteiger partial charge in [-0.1, -0.05) is 37.8 Å². The van der Waals surface area contributed by atoms with Crippen LogP contribution in [-0.2, 0) is 0 Å². The van der Waals surface area contributed by atoms with Crippen LogP contribution in [0, 0.1) is 5.82 Å². The Bertz CT molecular complexity index is 369. The number of nitrogens with two attached hydrogens (primary N) is 1. The van der Waals surface area contributed by atoms with Crippen molar-refractivity contribution in [1.82, 2.24) is 4.90 Å². The molecule has 0 aromatic heterocycles. The Balaban J connectivity index is 1.89. The average molecular weight is 264 g/mol. The maximum atomic E-state index is 12.9. The van der Waals surface area contributed by atoms with Gasteiger partial charge in [0.1, 0.15) is 5.82 Å². The molecule has 1 aliphatic carbocycles. The first-order valence-electron chi connectivity index (χ1n) is 7.38. The van der Waals surface area contributed by atoms with E-state index in [2.05, 4.69) is 11.9 Å². The summed E-state index contributed by atoms with van der Waals surface area (Å²) in [6, 6.07) is 7.19. The topological polar surface area (TPSA) is 29.3 Å². The minimum absolute atomic E-state index is 0.0335. The molecular formula is C16H25FN2. The zero-order valence-corrected chi connectivity index (χ0v) is 11.8. The number of rotatable bonds is 4. The normalized spacial score (nSPS) is 19.4. The van der Waals surface area contributed by atoms with Crippen LogP contribution in [0.15, 0.2) is 24.3 Å². The van der Waals surface area contributed by atoms with Gasteiger partial charge in [0.2, 0.25) is 0 Å². The zero-order valence-electron chi connectivity index (χ0n) is 11.8. The number of halogens is 1. The van der Waals surface area contributed by atoms with Crippen LogP contribution in [0.1, 0.15) is 50.1 Å². The van der Waals surface area contributed by atoms with Gasteiger partial charge in [0.15, 0.2) is 0 Å². The van der Waals surface area contributed by atoms with Crippen LogP contribution in [0.2, 0.25) is 0 Å². The maximum Gasteiger partial charge on any atom is 0.123 e. The first-order chi connectivity index (χ1) is 9.16. The van der Waals surface area contributed by atoms with Crippen molar-refractivity contribution < 1.29 is 4.39 Å². The molecule has 2 nitrogen and oxygen atoms in total. The maximum absolute atomic E-state index is 12.9. The van der Waals surface area contributed by atoms with Gasteiger partial charge in [-0.15, -0.1) is 0 Å². The van der Waals surface area contributed by atoms with Gasteiger partial charge in [-0.25, -0.2) is 4.39 Å². The summed E-state index contributed by atoms with van der Waals surface area (Å²) in [5.74, 6) is -0.201. The molecule has 0 spiro atoms. The van der Waals surface area contributed by atoms with Crippen LogP contribution >= 0.6 is 0 Å². The van der Waals surface area contributed by atoms with Crippen LogP contribution in [0.3, 0.4) is 0 Å². The lowest BCUT2D eigenvalue weighted by Gasteiger charge is -2.29. The molecule has 106 valence electrons. The van der Waals surface area contributed by atoms with E-state index < -0.39 is 0 Å². The number of nitrogens with zero attached hydrogens (tertiary/aromatic N) is 1. The highest BCUT2D eigenvalue weighted by Gasteiger charge is 2.19. The zero-order chi connectivity index (χ0) is 13.7. The fourth-order valence-corrected chi connectivity index (χ4v) is 2.97. The summed E-state index contributed by atoms with van der Waals surface area (Å²) in [5, 5.41) is 0. The SMILES string of the molecule is CN(CC(N)c1ccc(F)cc1)C1CCCCCC1. The first kappa shape index (κ1) is 14.5. The summed E-state index contributed by atoms with van der Waals surface area (Å²) in [6.07, 6.45) is 7.98. The molecule has 1 aromatic rings. The molecule has 2 N–H and O–H groups in total. The third-order valence-corrected chi connectivity index (χ3v) is 4.23. The average Bonchev–Trinajstić information content (AvgIpc) is 2.68. The van der Waals surface area contributed by atoms with Crippen molar-refractivity contribution in [2.24, 2.45) is 5.73 Å². The van der Waals surface area contributed by atoms with Crippen molar-refractivity contribution in [2.45, 2.75) is 50.6 Å². The van der Waals surface area contributed by atoms with Gasteiger partial charge in [0.25, 0.3) is 0 Å². The predicted octanol–water partition coefficient (Wildman–Crippen LogP) is 3.48. The van der Waals surface area contributed by atoms with Crippen molar-refractivity contribution in [2.75, 3.05) is 13.6 Å². The van der Waals surface area contributed by atoms with Gasteiger partial charge in [0.05, 0.1) is 0 Å². The highest BCUT2D eigenvalue weighted by atomic mass is 19.1. The summed E-state index contributed by atoms with van der Waals surface area (Å²) in [5.41, 5.74) is 7.24. The van der Waals surface area contributed by atoms with E-state index in [1.54, 1.807) is 12.1 Å². The van der Waals surface area contributed by atoms with Crippen LogP contribution in [-0.4, -0.2) is 24.5 Å². The second-order valence-electron chi connectivity index (χ2n) is 5.74. The largest absolute Gasteiger partial charge is 0.323 e. The van der Waals surface area contributed by atoms with E-state index in [0.29, 0.717) is 6.04 Å². The smallest absolute Gasteiger partial charge is 0.123 e. The van der Waals surface area contributed by atoms with Gasteiger partial charge in [-0.05, 0) is 37.6 Å². The molecule has 1 saturated carbocycles.